The van der Waals surface area contributed by atoms with Crippen molar-refractivity contribution in [3.8, 4) is 0 Å². The van der Waals surface area contributed by atoms with Crippen LogP contribution >= 0.6 is 31.9 Å². The lowest BCUT2D eigenvalue weighted by atomic mass is 10.1. The van der Waals surface area contributed by atoms with Gasteiger partial charge in [-0.15, -0.1) is 0 Å². The molecule has 0 spiro atoms. The topological polar surface area (TPSA) is 32.3 Å². The standard InChI is InChI=1S/C11H15Br2NO/c1-7(6-15)14-8(2)10-4-3-9(12)5-11(10)13/h3-5,7-8,14-15H,6H2,1-2H3/t7-,8?/m1/s1. The summed E-state index contributed by atoms with van der Waals surface area (Å²) in [6, 6.07) is 6.43. The van der Waals surface area contributed by atoms with Crippen LogP contribution < -0.4 is 5.32 Å². The molecule has 0 heterocycles. The SMILES string of the molecule is CC(N[C@H](C)CO)c1ccc(Br)cc1Br. The van der Waals surface area contributed by atoms with Gasteiger partial charge in [-0.2, -0.15) is 0 Å². The molecule has 0 aliphatic rings. The van der Waals surface area contributed by atoms with E-state index in [9.17, 15) is 0 Å². The molecule has 0 fully saturated rings. The Bertz CT molecular complexity index is 330. The molecule has 15 heavy (non-hydrogen) atoms. The summed E-state index contributed by atoms with van der Waals surface area (Å²) in [5.74, 6) is 0. The van der Waals surface area contributed by atoms with E-state index in [0.29, 0.717) is 0 Å². The summed E-state index contributed by atoms with van der Waals surface area (Å²) in [5, 5.41) is 12.3. The van der Waals surface area contributed by atoms with Gasteiger partial charge in [-0.3, -0.25) is 0 Å². The van der Waals surface area contributed by atoms with E-state index in [4.69, 9.17) is 5.11 Å². The van der Waals surface area contributed by atoms with Crippen molar-refractivity contribution in [3.05, 3.63) is 32.7 Å². The van der Waals surface area contributed by atoms with Gasteiger partial charge in [0, 0.05) is 21.0 Å². The van der Waals surface area contributed by atoms with Crippen LogP contribution in [0.1, 0.15) is 25.5 Å². The lowest BCUT2D eigenvalue weighted by Crippen LogP contribution is -2.31. The Morgan fingerprint density at radius 1 is 1.33 bits per heavy atom. The molecule has 1 unspecified atom stereocenters. The number of rotatable bonds is 4. The van der Waals surface area contributed by atoms with Crippen molar-refractivity contribution in [2.45, 2.75) is 25.9 Å². The molecule has 2 atom stereocenters. The van der Waals surface area contributed by atoms with E-state index in [1.807, 2.05) is 19.1 Å². The third-order valence-corrected chi connectivity index (χ3v) is 3.42. The van der Waals surface area contributed by atoms with Crippen LogP contribution in [0.2, 0.25) is 0 Å². The van der Waals surface area contributed by atoms with Gasteiger partial charge < -0.3 is 10.4 Å². The summed E-state index contributed by atoms with van der Waals surface area (Å²) in [7, 11) is 0. The molecule has 2 N–H and O–H groups in total. The highest BCUT2D eigenvalue weighted by Gasteiger charge is 2.11. The van der Waals surface area contributed by atoms with Gasteiger partial charge in [0.15, 0.2) is 0 Å². The maximum atomic E-state index is 8.96. The van der Waals surface area contributed by atoms with Gasteiger partial charge in [-0.25, -0.2) is 0 Å². The Balaban J connectivity index is 2.77. The van der Waals surface area contributed by atoms with Crippen LogP contribution in [0.3, 0.4) is 0 Å². The second kappa shape index (κ2) is 5.99. The molecular weight excluding hydrogens is 322 g/mol. The van der Waals surface area contributed by atoms with Crippen LogP contribution in [0.25, 0.3) is 0 Å². The summed E-state index contributed by atoms with van der Waals surface area (Å²) in [4.78, 5) is 0. The largest absolute Gasteiger partial charge is 0.395 e. The van der Waals surface area contributed by atoms with Crippen molar-refractivity contribution < 1.29 is 5.11 Å². The normalized spacial score (nSPS) is 15.0. The minimum atomic E-state index is 0.107. The van der Waals surface area contributed by atoms with E-state index >= 15 is 0 Å². The van der Waals surface area contributed by atoms with Gasteiger partial charge >= 0.3 is 0 Å². The average molecular weight is 337 g/mol. The van der Waals surface area contributed by atoms with E-state index in [0.717, 1.165) is 8.95 Å². The quantitative estimate of drug-likeness (QED) is 0.884. The molecule has 0 aromatic heterocycles. The molecular formula is C11H15Br2NO. The minimum Gasteiger partial charge on any atom is -0.395 e. The number of nitrogens with one attached hydrogen (secondary N) is 1. The van der Waals surface area contributed by atoms with Crippen molar-refractivity contribution in [2.24, 2.45) is 0 Å². The number of halogens is 2. The zero-order chi connectivity index (χ0) is 11.4. The first-order valence-electron chi connectivity index (χ1n) is 4.86. The monoisotopic (exact) mass is 335 g/mol. The van der Waals surface area contributed by atoms with E-state index < -0.39 is 0 Å². The second-order valence-electron chi connectivity index (χ2n) is 3.64. The highest BCUT2D eigenvalue weighted by atomic mass is 79.9. The van der Waals surface area contributed by atoms with Crippen molar-refractivity contribution in [2.75, 3.05) is 6.61 Å². The molecule has 0 aliphatic heterocycles. The maximum absolute atomic E-state index is 8.96. The molecule has 0 bridgehead atoms. The number of benzene rings is 1. The van der Waals surface area contributed by atoms with E-state index in [1.165, 1.54) is 5.56 Å². The summed E-state index contributed by atoms with van der Waals surface area (Å²) in [6.07, 6.45) is 0. The van der Waals surface area contributed by atoms with Gasteiger partial charge in [0.05, 0.1) is 6.61 Å². The third-order valence-electron chi connectivity index (χ3n) is 2.24. The fraction of sp³-hybridized carbons (Fsp3) is 0.455. The lowest BCUT2D eigenvalue weighted by Gasteiger charge is -2.19. The Morgan fingerprint density at radius 2 is 2.00 bits per heavy atom. The fourth-order valence-electron chi connectivity index (χ4n) is 1.42. The number of hydrogen-bond acceptors (Lipinski definition) is 2. The Kier molecular flexibility index (Phi) is 5.26. The average Bonchev–Trinajstić information content (AvgIpc) is 2.17. The van der Waals surface area contributed by atoms with Gasteiger partial charge in [-0.1, -0.05) is 37.9 Å². The molecule has 2 nitrogen and oxygen atoms in total. The maximum Gasteiger partial charge on any atom is 0.0582 e. The smallest absolute Gasteiger partial charge is 0.0582 e. The van der Waals surface area contributed by atoms with E-state index in [2.05, 4.69) is 50.2 Å². The van der Waals surface area contributed by atoms with Gasteiger partial charge in [0.1, 0.15) is 0 Å². The molecule has 0 aliphatic carbocycles. The summed E-state index contributed by atoms with van der Waals surface area (Å²) >= 11 is 6.95. The van der Waals surface area contributed by atoms with Crippen LogP contribution in [-0.4, -0.2) is 17.8 Å². The molecule has 1 rings (SSSR count). The highest BCUT2D eigenvalue weighted by Crippen LogP contribution is 2.26. The molecule has 0 saturated heterocycles. The number of hydrogen-bond donors (Lipinski definition) is 2. The Labute approximate surface area is 107 Å². The predicted octanol–water partition coefficient (Wildman–Crippen LogP) is 3.24. The minimum absolute atomic E-state index is 0.107. The van der Waals surface area contributed by atoms with Gasteiger partial charge in [-0.05, 0) is 31.5 Å². The number of aliphatic hydroxyl groups is 1. The highest BCUT2D eigenvalue weighted by molar-refractivity contribution is 9.11. The first-order chi connectivity index (χ1) is 7.04. The molecule has 84 valence electrons. The first kappa shape index (κ1) is 13.2. The first-order valence-corrected chi connectivity index (χ1v) is 6.45. The second-order valence-corrected chi connectivity index (χ2v) is 5.41. The van der Waals surface area contributed by atoms with Gasteiger partial charge in [0.25, 0.3) is 0 Å². The van der Waals surface area contributed by atoms with Crippen LogP contribution in [0.15, 0.2) is 27.1 Å². The molecule has 0 saturated carbocycles. The Hall–Kier alpha value is 0.1000. The lowest BCUT2D eigenvalue weighted by molar-refractivity contribution is 0.243. The van der Waals surface area contributed by atoms with Crippen LogP contribution in [0, 0.1) is 0 Å². The van der Waals surface area contributed by atoms with Crippen molar-refractivity contribution in [1.29, 1.82) is 0 Å². The molecule has 1 aromatic rings. The van der Waals surface area contributed by atoms with E-state index in [-0.39, 0.29) is 18.7 Å². The summed E-state index contributed by atoms with van der Waals surface area (Å²) in [6.45, 7) is 4.20. The fourth-order valence-corrected chi connectivity index (χ4v) is 2.81. The molecule has 0 radical (unpaired) electrons. The molecule has 0 amide bonds. The van der Waals surface area contributed by atoms with Crippen LogP contribution in [-0.2, 0) is 0 Å². The van der Waals surface area contributed by atoms with E-state index in [1.54, 1.807) is 0 Å². The van der Waals surface area contributed by atoms with Gasteiger partial charge in [0.2, 0.25) is 0 Å². The molecule has 4 heteroatoms. The predicted molar refractivity (Wildman–Crippen MR) is 69.9 cm³/mol. The third kappa shape index (κ3) is 3.87. The molecule has 1 aromatic carbocycles. The Morgan fingerprint density at radius 3 is 2.53 bits per heavy atom. The van der Waals surface area contributed by atoms with Crippen molar-refractivity contribution >= 4 is 31.9 Å². The zero-order valence-corrected chi connectivity index (χ0v) is 12.0. The zero-order valence-electron chi connectivity index (χ0n) is 8.80. The van der Waals surface area contributed by atoms with Crippen molar-refractivity contribution in [3.63, 3.8) is 0 Å². The summed E-state index contributed by atoms with van der Waals surface area (Å²) < 4.78 is 2.13. The van der Waals surface area contributed by atoms with Crippen LogP contribution in [0.5, 0.6) is 0 Å². The number of aliphatic hydroxyl groups excluding tert-OH is 1. The van der Waals surface area contributed by atoms with Crippen LogP contribution in [0.4, 0.5) is 0 Å². The van der Waals surface area contributed by atoms with Crippen molar-refractivity contribution in [1.82, 2.24) is 5.32 Å². The summed E-state index contributed by atoms with van der Waals surface area (Å²) in [5.41, 5.74) is 1.19.